The van der Waals surface area contributed by atoms with E-state index in [-0.39, 0.29) is 5.92 Å². The first-order valence-electron chi connectivity index (χ1n) is 7.17. The van der Waals surface area contributed by atoms with Gasteiger partial charge in [-0.2, -0.15) is 0 Å². The Hall–Kier alpha value is -1.36. The van der Waals surface area contributed by atoms with Crippen LogP contribution in [0.3, 0.4) is 0 Å². The zero-order chi connectivity index (χ0) is 13.4. The number of carboxylic acid groups (broad SMARTS) is 1. The number of hydrogen-bond acceptors (Lipinski definition) is 3. The molecule has 2 aliphatic rings. The minimum absolute atomic E-state index is 0.357. The van der Waals surface area contributed by atoms with Crippen molar-refractivity contribution < 1.29 is 9.90 Å². The van der Waals surface area contributed by atoms with E-state index in [4.69, 9.17) is 0 Å². The number of hydrogen-bond donors (Lipinski definition) is 1. The molecule has 1 saturated heterocycles. The molecule has 104 valence electrons. The number of likely N-dealkylation sites (tertiary alicyclic amines) is 1. The summed E-state index contributed by atoms with van der Waals surface area (Å²) in [6, 6.07) is 0.357. The Balaban J connectivity index is 1.94. The second-order valence-electron chi connectivity index (χ2n) is 5.72. The molecular formula is C14H21N3O2. The number of aliphatic carboxylic acids is 1. The molecule has 0 aromatic carbocycles. The molecule has 2 aliphatic heterocycles. The number of carbonyl (C=O) groups is 1. The van der Waals surface area contributed by atoms with Crippen molar-refractivity contribution in [1.82, 2.24) is 14.5 Å². The summed E-state index contributed by atoms with van der Waals surface area (Å²) in [7, 11) is 2.14. The first kappa shape index (κ1) is 12.7. The van der Waals surface area contributed by atoms with Crippen molar-refractivity contribution in [2.75, 3.05) is 13.6 Å². The first-order valence-corrected chi connectivity index (χ1v) is 7.17. The fourth-order valence-electron chi connectivity index (χ4n) is 3.44. The Morgan fingerprint density at radius 3 is 2.89 bits per heavy atom. The normalized spacial score (nSPS) is 28.1. The van der Waals surface area contributed by atoms with Crippen molar-refractivity contribution in [2.45, 2.75) is 50.6 Å². The predicted molar refractivity (Wildman–Crippen MR) is 71.1 cm³/mol. The van der Waals surface area contributed by atoms with Crippen molar-refractivity contribution in [3.8, 4) is 0 Å². The summed E-state index contributed by atoms with van der Waals surface area (Å²) in [5.41, 5.74) is 0.896. The van der Waals surface area contributed by atoms with E-state index in [0.717, 1.165) is 43.9 Å². The van der Waals surface area contributed by atoms with Gasteiger partial charge in [-0.3, -0.25) is 9.69 Å². The lowest BCUT2D eigenvalue weighted by Crippen LogP contribution is -2.33. The maximum atomic E-state index is 11.3. The minimum atomic E-state index is -0.718. The van der Waals surface area contributed by atoms with E-state index in [1.807, 2.05) is 0 Å². The van der Waals surface area contributed by atoms with Crippen LogP contribution in [0.5, 0.6) is 0 Å². The molecule has 3 heterocycles. The van der Waals surface area contributed by atoms with E-state index in [2.05, 4.69) is 21.5 Å². The molecule has 0 radical (unpaired) electrons. The predicted octanol–water partition coefficient (Wildman–Crippen LogP) is 2.00. The van der Waals surface area contributed by atoms with Gasteiger partial charge in [0.05, 0.1) is 17.7 Å². The molecule has 3 rings (SSSR count). The zero-order valence-electron chi connectivity index (χ0n) is 11.4. The number of rotatable bonds is 2. The van der Waals surface area contributed by atoms with Crippen LogP contribution in [0.2, 0.25) is 0 Å². The quantitative estimate of drug-likeness (QED) is 0.886. The zero-order valence-corrected chi connectivity index (χ0v) is 11.4. The van der Waals surface area contributed by atoms with E-state index in [0.29, 0.717) is 6.04 Å². The highest BCUT2D eigenvalue weighted by molar-refractivity contribution is 5.75. The fourth-order valence-corrected chi connectivity index (χ4v) is 3.44. The highest BCUT2D eigenvalue weighted by Crippen LogP contribution is 2.34. The molecule has 1 aromatic rings. The van der Waals surface area contributed by atoms with E-state index in [1.54, 1.807) is 6.20 Å². The third-order valence-electron chi connectivity index (χ3n) is 4.52. The number of carboxylic acids is 1. The molecule has 0 bridgehead atoms. The third-order valence-corrected chi connectivity index (χ3v) is 4.52. The summed E-state index contributed by atoms with van der Waals surface area (Å²) < 4.78 is 2.16. The second-order valence-corrected chi connectivity index (χ2v) is 5.72. The van der Waals surface area contributed by atoms with Crippen molar-refractivity contribution in [1.29, 1.82) is 0 Å². The topological polar surface area (TPSA) is 58.4 Å². The smallest absolute Gasteiger partial charge is 0.312 e. The van der Waals surface area contributed by atoms with E-state index in [1.165, 1.54) is 12.8 Å². The number of aromatic nitrogens is 2. The molecule has 1 aromatic heterocycles. The average Bonchev–Trinajstić information content (AvgIpc) is 2.82. The van der Waals surface area contributed by atoms with Crippen LogP contribution in [-0.4, -0.2) is 39.1 Å². The maximum Gasteiger partial charge on any atom is 0.312 e. The SMILES string of the molecule is CN1CCCCC1c1ncc2n1CCCC2C(=O)O. The molecule has 0 saturated carbocycles. The Bertz CT molecular complexity index is 483. The van der Waals surface area contributed by atoms with Crippen molar-refractivity contribution >= 4 is 5.97 Å². The van der Waals surface area contributed by atoms with Gasteiger partial charge in [0.15, 0.2) is 0 Å². The lowest BCUT2D eigenvalue weighted by molar-refractivity contribution is -0.139. The Morgan fingerprint density at radius 2 is 2.16 bits per heavy atom. The lowest BCUT2D eigenvalue weighted by atomic mass is 9.96. The highest BCUT2D eigenvalue weighted by atomic mass is 16.4. The van der Waals surface area contributed by atoms with Gasteiger partial charge in [0, 0.05) is 12.7 Å². The van der Waals surface area contributed by atoms with Crippen molar-refractivity contribution in [3.05, 3.63) is 17.7 Å². The molecule has 1 N–H and O–H groups in total. The van der Waals surface area contributed by atoms with E-state index in [9.17, 15) is 9.90 Å². The number of piperidine rings is 1. The van der Waals surface area contributed by atoms with Crippen LogP contribution in [0.15, 0.2) is 6.20 Å². The molecule has 19 heavy (non-hydrogen) atoms. The molecule has 0 amide bonds. The molecule has 5 nitrogen and oxygen atoms in total. The van der Waals surface area contributed by atoms with Crippen LogP contribution in [-0.2, 0) is 11.3 Å². The van der Waals surface area contributed by atoms with Crippen LogP contribution < -0.4 is 0 Å². The summed E-state index contributed by atoms with van der Waals surface area (Å²) in [4.78, 5) is 18.2. The molecule has 0 spiro atoms. The summed E-state index contributed by atoms with van der Waals surface area (Å²) in [6.07, 6.45) is 7.07. The lowest BCUT2D eigenvalue weighted by Gasteiger charge is -2.33. The van der Waals surface area contributed by atoms with Crippen molar-refractivity contribution in [3.63, 3.8) is 0 Å². The van der Waals surface area contributed by atoms with Crippen LogP contribution in [0.4, 0.5) is 0 Å². The van der Waals surface area contributed by atoms with Crippen LogP contribution in [0.1, 0.15) is 55.6 Å². The van der Waals surface area contributed by atoms with E-state index >= 15 is 0 Å². The van der Waals surface area contributed by atoms with Crippen LogP contribution in [0.25, 0.3) is 0 Å². The van der Waals surface area contributed by atoms with Gasteiger partial charge in [-0.05, 0) is 39.3 Å². The van der Waals surface area contributed by atoms with Gasteiger partial charge in [-0.25, -0.2) is 4.98 Å². The second kappa shape index (κ2) is 4.96. The summed E-state index contributed by atoms with van der Waals surface area (Å²) in [6.45, 7) is 2.02. The monoisotopic (exact) mass is 263 g/mol. The number of nitrogens with zero attached hydrogens (tertiary/aromatic N) is 3. The first-order chi connectivity index (χ1) is 9.18. The molecule has 1 fully saturated rings. The van der Waals surface area contributed by atoms with Gasteiger partial charge in [-0.1, -0.05) is 6.42 Å². The van der Waals surface area contributed by atoms with Crippen molar-refractivity contribution in [2.24, 2.45) is 0 Å². The van der Waals surface area contributed by atoms with Gasteiger partial charge < -0.3 is 9.67 Å². The Kier molecular flexibility index (Phi) is 3.31. The molecule has 0 aliphatic carbocycles. The van der Waals surface area contributed by atoms with Crippen LogP contribution in [0, 0.1) is 0 Å². The Labute approximate surface area is 113 Å². The highest BCUT2D eigenvalue weighted by Gasteiger charge is 2.32. The van der Waals surface area contributed by atoms with Gasteiger partial charge in [0.25, 0.3) is 0 Å². The van der Waals surface area contributed by atoms with Gasteiger partial charge in [0.1, 0.15) is 5.82 Å². The van der Waals surface area contributed by atoms with Gasteiger partial charge in [0.2, 0.25) is 0 Å². The van der Waals surface area contributed by atoms with Gasteiger partial charge >= 0.3 is 5.97 Å². The summed E-state index contributed by atoms with van der Waals surface area (Å²) in [5, 5.41) is 9.31. The van der Waals surface area contributed by atoms with E-state index < -0.39 is 5.97 Å². The molecule has 2 atom stereocenters. The average molecular weight is 263 g/mol. The molecular weight excluding hydrogens is 242 g/mol. The largest absolute Gasteiger partial charge is 0.481 e. The maximum absolute atomic E-state index is 11.3. The standard InChI is InChI=1S/C14H21N3O2/c1-16-7-3-2-6-11(16)13-15-9-12-10(14(18)19)5-4-8-17(12)13/h9-11H,2-8H2,1H3,(H,18,19). The number of imidazole rings is 1. The Morgan fingerprint density at radius 1 is 1.32 bits per heavy atom. The minimum Gasteiger partial charge on any atom is -0.481 e. The number of fused-ring (bicyclic) bond motifs is 1. The third kappa shape index (κ3) is 2.16. The molecule has 2 unspecified atom stereocenters. The summed E-state index contributed by atoms with van der Waals surface area (Å²) >= 11 is 0. The molecule has 5 heteroatoms. The van der Waals surface area contributed by atoms with Crippen LogP contribution >= 0.6 is 0 Å². The summed E-state index contributed by atoms with van der Waals surface area (Å²) in [5.74, 6) is -0.0172. The fraction of sp³-hybridized carbons (Fsp3) is 0.714. The van der Waals surface area contributed by atoms with Gasteiger partial charge in [-0.15, -0.1) is 0 Å².